The molecule has 2 rings (SSSR count). The lowest BCUT2D eigenvalue weighted by atomic mass is 10.2. The Labute approximate surface area is 80.3 Å². The zero-order chi connectivity index (χ0) is 9.26. The Hall–Kier alpha value is -1.49. The van der Waals surface area contributed by atoms with E-state index < -0.39 is 0 Å². The van der Waals surface area contributed by atoms with Crippen molar-refractivity contribution in [3.63, 3.8) is 0 Å². The SMILES string of the molecule is C[n+]1ccc(-c2nc(=S)[nH][nH]2)cc1. The molecule has 0 aliphatic carbocycles. The Morgan fingerprint density at radius 2 is 2.00 bits per heavy atom. The van der Waals surface area contributed by atoms with Crippen LogP contribution >= 0.6 is 12.2 Å². The summed E-state index contributed by atoms with van der Waals surface area (Å²) in [5, 5.41) is 5.65. The van der Waals surface area contributed by atoms with E-state index in [1.807, 2.05) is 36.1 Å². The van der Waals surface area contributed by atoms with Gasteiger partial charge in [0.25, 0.3) is 0 Å². The Balaban J connectivity index is 2.47. The minimum absolute atomic E-state index is 0.475. The topological polar surface area (TPSA) is 48.4 Å². The predicted octanol–water partition coefficient (Wildman–Crippen LogP) is 0.959. The number of nitrogens with one attached hydrogen (secondary N) is 2. The summed E-state index contributed by atoms with van der Waals surface area (Å²) in [6.07, 6.45) is 3.92. The van der Waals surface area contributed by atoms with Gasteiger partial charge in [-0.1, -0.05) is 0 Å². The van der Waals surface area contributed by atoms with Crippen LogP contribution in [0.5, 0.6) is 0 Å². The van der Waals surface area contributed by atoms with Gasteiger partial charge in [-0.3, -0.25) is 10.2 Å². The van der Waals surface area contributed by atoms with Crippen molar-refractivity contribution < 1.29 is 4.57 Å². The molecule has 0 aliphatic rings. The lowest BCUT2D eigenvalue weighted by Gasteiger charge is -1.92. The third-order valence-corrected chi connectivity index (χ3v) is 1.95. The number of aromatic nitrogens is 4. The van der Waals surface area contributed by atoms with Crippen molar-refractivity contribution >= 4 is 12.2 Å². The fourth-order valence-corrected chi connectivity index (χ4v) is 1.21. The molecule has 0 unspecified atom stereocenters. The first-order valence-electron chi connectivity index (χ1n) is 3.86. The van der Waals surface area contributed by atoms with E-state index in [-0.39, 0.29) is 0 Å². The van der Waals surface area contributed by atoms with Crippen LogP contribution in [0, 0.1) is 4.77 Å². The van der Waals surface area contributed by atoms with Crippen LogP contribution in [0.15, 0.2) is 24.5 Å². The Kier molecular flexibility index (Phi) is 1.94. The van der Waals surface area contributed by atoms with E-state index in [1.165, 1.54) is 0 Å². The molecule has 0 spiro atoms. The van der Waals surface area contributed by atoms with Gasteiger partial charge in [-0.2, -0.15) is 4.98 Å². The molecule has 2 aromatic rings. The van der Waals surface area contributed by atoms with E-state index in [0.717, 1.165) is 11.4 Å². The van der Waals surface area contributed by atoms with E-state index in [1.54, 1.807) is 0 Å². The molecule has 0 fully saturated rings. The number of aryl methyl sites for hydroxylation is 1. The zero-order valence-electron chi connectivity index (χ0n) is 7.11. The van der Waals surface area contributed by atoms with Crippen LogP contribution in [0.4, 0.5) is 0 Å². The van der Waals surface area contributed by atoms with Crippen LogP contribution in [-0.4, -0.2) is 15.2 Å². The van der Waals surface area contributed by atoms with Gasteiger partial charge in [0, 0.05) is 17.7 Å². The minimum atomic E-state index is 0.475. The molecule has 0 amide bonds. The summed E-state index contributed by atoms with van der Waals surface area (Å²) in [4.78, 5) is 4.11. The lowest BCUT2D eigenvalue weighted by molar-refractivity contribution is -0.671. The Morgan fingerprint density at radius 1 is 1.31 bits per heavy atom. The number of H-pyrrole nitrogens is 2. The van der Waals surface area contributed by atoms with Crippen LogP contribution in [-0.2, 0) is 7.05 Å². The van der Waals surface area contributed by atoms with Crippen molar-refractivity contribution in [1.29, 1.82) is 0 Å². The van der Waals surface area contributed by atoms with Crippen molar-refractivity contribution in [2.45, 2.75) is 0 Å². The van der Waals surface area contributed by atoms with E-state index >= 15 is 0 Å². The molecule has 0 radical (unpaired) electrons. The van der Waals surface area contributed by atoms with Gasteiger partial charge in [-0.25, -0.2) is 4.57 Å². The van der Waals surface area contributed by atoms with Crippen molar-refractivity contribution in [3.05, 3.63) is 29.3 Å². The zero-order valence-corrected chi connectivity index (χ0v) is 7.93. The van der Waals surface area contributed by atoms with Gasteiger partial charge >= 0.3 is 0 Å². The van der Waals surface area contributed by atoms with Crippen molar-refractivity contribution in [2.24, 2.45) is 7.05 Å². The summed E-state index contributed by atoms with van der Waals surface area (Å²) in [6.45, 7) is 0. The molecule has 2 heterocycles. The molecule has 13 heavy (non-hydrogen) atoms. The molecular weight excluding hydrogens is 184 g/mol. The molecule has 2 aromatic heterocycles. The normalized spacial score (nSPS) is 10.2. The van der Waals surface area contributed by atoms with Crippen molar-refractivity contribution in [1.82, 2.24) is 15.2 Å². The van der Waals surface area contributed by atoms with Gasteiger partial charge in [0.1, 0.15) is 7.05 Å². The maximum atomic E-state index is 4.86. The molecule has 0 atom stereocenters. The van der Waals surface area contributed by atoms with E-state index in [0.29, 0.717) is 4.77 Å². The highest BCUT2D eigenvalue weighted by Gasteiger charge is 2.01. The second-order valence-electron chi connectivity index (χ2n) is 2.77. The molecular formula is C8H9N4S+. The van der Waals surface area contributed by atoms with Gasteiger partial charge in [0.15, 0.2) is 18.2 Å². The summed E-state index contributed by atoms with van der Waals surface area (Å²) in [7, 11) is 1.97. The van der Waals surface area contributed by atoms with Gasteiger partial charge in [-0.05, 0) is 12.2 Å². The molecule has 4 nitrogen and oxygen atoms in total. The summed E-state index contributed by atoms with van der Waals surface area (Å²) in [5.41, 5.74) is 1.02. The molecule has 66 valence electrons. The van der Waals surface area contributed by atoms with Crippen LogP contribution in [0.3, 0.4) is 0 Å². The molecule has 0 aromatic carbocycles. The first-order valence-corrected chi connectivity index (χ1v) is 4.27. The van der Waals surface area contributed by atoms with Crippen molar-refractivity contribution in [2.75, 3.05) is 0 Å². The molecule has 0 saturated heterocycles. The number of hydrogen-bond acceptors (Lipinski definition) is 2. The number of pyridine rings is 1. The Bertz CT molecular complexity index is 453. The maximum absolute atomic E-state index is 4.86. The molecule has 0 saturated carbocycles. The van der Waals surface area contributed by atoms with Gasteiger partial charge < -0.3 is 0 Å². The maximum Gasteiger partial charge on any atom is 0.213 e. The average molecular weight is 193 g/mol. The highest BCUT2D eigenvalue weighted by Crippen LogP contribution is 2.10. The second-order valence-corrected chi connectivity index (χ2v) is 3.15. The number of hydrogen-bond donors (Lipinski definition) is 2. The summed E-state index contributed by atoms with van der Waals surface area (Å²) < 4.78 is 2.44. The first-order chi connectivity index (χ1) is 6.25. The van der Waals surface area contributed by atoms with Gasteiger partial charge in [0.2, 0.25) is 4.77 Å². The second kappa shape index (κ2) is 3.10. The van der Waals surface area contributed by atoms with E-state index in [2.05, 4.69) is 15.2 Å². The monoisotopic (exact) mass is 193 g/mol. The summed E-state index contributed by atoms with van der Waals surface area (Å²) in [5.74, 6) is 0.769. The summed E-state index contributed by atoms with van der Waals surface area (Å²) >= 11 is 4.86. The fraction of sp³-hybridized carbons (Fsp3) is 0.125. The highest BCUT2D eigenvalue weighted by molar-refractivity contribution is 7.71. The minimum Gasteiger partial charge on any atom is -0.282 e. The third kappa shape index (κ3) is 1.65. The number of aromatic amines is 2. The molecule has 0 bridgehead atoms. The van der Waals surface area contributed by atoms with E-state index in [9.17, 15) is 0 Å². The molecule has 0 aliphatic heterocycles. The van der Waals surface area contributed by atoms with Crippen LogP contribution in [0.2, 0.25) is 0 Å². The number of rotatable bonds is 1. The lowest BCUT2D eigenvalue weighted by Crippen LogP contribution is -2.25. The standard InChI is InChI=1S/C8H8N4S/c1-12-4-2-6(3-5-12)7-9-8(13)11-10-7/h2-5H,1H3,(H,9,13)/p+1. The quantitative estimate of drug-likeness (QED) is 0.523. The third-order valence-electron chi connectivity index (χ3n) is 1.75. The van der Waals surface area contributed by atoms with E-state index in [4.69, 9.17) is 12.2 Å². The Morgan fingerprint density at radius 3 is 2.54 bits per heavy atom. The highest BCUT2D eigenvalue weighted by atomic mass is 32.1. The summed E-state index contributed by atoms with van der Waals surface area (Å²) in [6, 6.07) is 3.95. The van der Waals surface area contributed by atoms with Gasteiger partial charge in [-0.15, -0.1) is 0 Å². The van der Waals surface area contributed by atoms with Crippen molar-refractivity contribution in [3.8, 4) is 11.4 Å². The van der Waals surface area contributed by atoms with Crippen LogP contribution in [0.1, 0.15) is 0 Å². The van der Waals surface area contributed by atoms with Gasteiger partial charge in [0.05, 0.1) is 0 Å². The first kappa shape index (κ1) is 8.12. The average Bonchev–Trinajstić information content (AvgIpc) is 2.53. The van der Waals surface area contributed by atoms with Crippen LogP contribution < -0.4 is 4.57 Å². The number of nitrogens with zero attached hydrogens (tertiary/aromatic N) is 2. The fourth-order valence-electron chi connectivity index (χ4n) is 1.07. The predicted molar refractivity (Wildman–Crippen MR) is 50.4 cm³/mol. The largest absolute Gasteiger partial charge is 0.282 e. The molecule has 5 heteroatoms. The smallest absolute Gasteiger partial charge is 0.213 e. The molecule has 2 N–H and O–H groups in total. The van der Waals surface area contributed by atoms with Crippen LogP contribution in [0.25, 0.3) is 11.4 Å².